The van der Waals surface area contributed by atoms with E-state index >= 15 is 0 Å². The average Bonchev–Trinajstić information content (AvgIpc) is 3.09. The van der Waals surface area contributed by atoms with E-state index in [4.69, 9.17) is 5.73 Å². The Labute approximate surface area is 177 Å². The van der Waals surface area contributed by atoms with Crippen LogP contribution in [0, 0.1) is 26.7 Å². The van der Waals surface area contributed by atoms with Gasteiger partial charge in [-0.15, -0.1) is 0 Å². The van der Waals surface area contributed by atoms with Crippen LogP contribution >= 0.6 is 0 Å². The fourth-order valence-electron chi connectivity index (χ4n) is 3.93. The number of carbonyl (C=O) groups excluding carboxylic acids is 1. The summed E-state index contributed by atoms with van der Waals surface area (Å²) in [6.45, 7) is 1.45. The third kappa shape index (κ3) is 6.71. The average molecular weight is 421 g/mol. The highest BCUT2D eigenvalue weighted by atomic mass is 32.2. The van der Waals surface area contributed by atoms with Gasteiger partial charge in [0.05, 0.1) is 10.8 Å². The number of nitrogens with two attached hydrogens (primary N) is 1. The molecule has 3 rings (SSSR count). The Hall–Kier alpha value is -1.60. The SMILES string of the molecule is Nc1cccc(S(=O)(=O)N2CCC(CNC(=O)[C]3CCCCCCC3)C2)c1.[CH2].[CH2]. The van der Waals surface area contributed by atoms with Gasteiger partial charge in [0.1, 0.15) is 0 Å². The Balaban J connectivity index is 0.00000210. The van der Waals surface area contributed by atoms with Crippen LogP contribution in [0.15, 0.2) is 29.2 Å². The maximum Gasteiger partial charge on any atom is 0.243 e. The molecule has 1 heterocycles. The fraction of sp³-hybridized carbons (Fsp3) is 0.545. The summed E-state index contributed by atoms with van der Waals surface area (Å²) in [5.74, 6) is 1.23. The van der Waals surface area contributed by atoms with Crippen molar-refractivity contribution in [3.63, 3.8) is 0 Å². The quantitative estimate of drug-likeness (QED) is 0.714. The first-order chi connectivity index (χ1) is 13.0. The molecule has 0 aromatic heterocycles. The molecule has 1 amide bonds. The fourth-order valence-corrected chi connectivity index (χ4v) is 5.51. The molecule has 1 aromatic rings. The third-order valence-corrected chi connectivity index (χ3v) is 7.44. The number of hydrogen-bond acceptors (Lipinski definition) is 4. The molecule has 5 radical (unpaired) electrons. The van der Waals surface area contributed by atoms with E-state index < -0.39 is 10.0 Å². The summed E-state index contributed by atoms with van der Waals surface area (Å²) in [5, 5.41) is 3.05. The zero-order valence-electron chi connectivity index (χ0n) is 17.2. The number of anilines is 1. The normalized spacial score (nSPS) is 21.3. The van der Waals surface area contributed by atoms with Crippen molar-refractivity contribution in [2.45, 2.75) is 56.3 Å². The van der Waals surface area contributed by atoms with Crippen molar-refractivity contribution in [2.24, 2.45) is 5.92 Å². The Morgan fingerprint density at radius 2 is 1.76 bits per heavy atom. The molecule has 2 fully saturated rings. The van der Waals surface area contributed by atoms with Gasteiger partial charge in [0.25, 0.3) is 0 Å². The lowest BCUT2D eigenvalue weighted by Gasteiger charge is -2.20. The first-order valence-corrected chi connectivity index (χ1v) is 11.4. The smallest absolute Gasteiger partial charge is 0.243 e. The largest absolute Gasteiger partial charge is 0.399 e. The van der Waals surface area contributed by atoms with Crippen LogP contribution in [-0.4, -0.2) is 38.3 Å². The number of nitrogen functional groups attached to an aromatic ring is 1. The standard InChI is InChI=1S/C20H30N3O3S.2CH2/c21-18-9-6-10-19(13-18)27(25,26)23-12-11-16(15-23)14-22-20(24)17-7-4-2-1-3-5-8-17;;/h6,9-10,13,16H,1-5,7-8,11-12,14-15,21H2,(H,22,24);2*1H2. The predicted molar refractivity (Wildman–Crippen MR) is 117 cm³/mol. The molecule has 3 N–H and O–H groups in total. The zero-order chi connectivity index (χ0) is 19.3. The molecule has 161 valence electrons. The highest BCUT2D eigenvalue weighted by Gasteiger charge is 2.33. The molecule has 0 bridgehead atoms. The molecule has 1 aromatic carbocycles. The molecule has 2 aliphatic rings. The highest BCUT2D eigenvalue weighted by Crippen LogP contribution is 2.26. The van der Waals surface area contributed by atoms with Crippen molar-refractivity contribution in [3.05, 3.63) is 45.0 Å². The van der Waals surface area contributed by atoms with Gasteiger partial charge in [-0.1, -0.05) is 53.0 Å². The number of hydrogen-bond donors (Lipinski definition) is 2. The van der Waals surface area contributed by atoms with E-state index in [0.29, 0.717) is 25.3 Å². The van der Waals surface area contributed by atoms with Gasteiger partial charge in [-0.25, -0.2) is 8.42 Å². The Kier molecular flexibility index (Phi) is 10.1. The number of nitrogens with one attached hydrogen (secondary N) is 1. The van der Waals surface area contributed by atoms with Gasteiger partial charge in [-0.05, 0) is 43.4 Å². The van der Waals surface area contributed by atoms with Crippen LogP contribution in [0.5, 0.6) is 0 Å². The number of carbonyl (C=O) groups is 1. The molecule has 29 heavy (non-hydrogen) atoms. The van der Waals surface area contributed by atoms with Gasteiger partial charge in [-0.3, -0.25) is 4.79 Å². The van der Waals surface area contributed by atoms with Crippen LogP contribution in [0.1, 0.15) is 51.4 Å². The Morgan fingerprint density at radius 3 is 2.41 bits per heavy atom. The minimum absolute atomic E-state index is 0. The van der Waals surface area contributed by atoms with Crippen LogP contribution in [-0.2, 0) is 14.8 Å². The van der Waals surface area contributed by atoms with Gasteiger partial charge in [-0.2, -0.15) is 4.31 Å². The maximum atomic E-state index is 12.8. The highest BCUT2D eigenvalue weighted by molar-refractivity contribution is 7.89. The molecule has 0 spiro atoms. The van der Waals surface area contributed by atoms with Gasteiger partial charge in [0.2, 0.25) is 15.9 Å². The van der Waals surface area contributed by atoms with Gasteiger partial charge in [0.15, 0.2) is 0 Å². The predicted octanol–water partition coefficient (Wildman–Crippen LogP) is 3.37. The van der Waals surface area contributed by atoms with Gasteiger partial charge < -0.3 is 11.1 Å². The first-order valence-electron chi connectivity index (χ1n) is 9.95. The summed E-state index contributed by atoms with van der Waals surface area (Å²) >= 11 is 0. The summed E-state index contributed by atoms with van der Waals surface area (Å²) in [6, 6.07) is 6.40. The molecule has 7 heteroatoms. The summed E-state index contributed by atoms with van der Waals surface area (Å²) in [5.41, 5.74) is 6.16. The zero-order valence-corrected chi connectivity index (χ0v) is 18.1. The van der Waals surface area contributed by atoms with E-state index in [1.165, 1.54) is 29.6 Å². The van der Waals surface area contributed by atoms with Crippen molar-refractivity contribution in [2.75, 3.05) is 25.4 Å². The van der Waals surface area contributed by atoms with Crippen LogP contribution in [0.4, 0.5) is 5.69 Å². The van der Waals surface area contributed by atoms with E-state index in [9.17, 15) is 13.2 Å². The monoisotopic (exact) mass is 420 g/mol. The number of rotatable bonds is 5. The van der Waals surface area contributed by atoms with Crippen molar-refractivity contribution in [3.8, 4) is 0 Å². The summed E-state index contributed by atoms with van der Waals surface area (Å²) in [7, 11) is -3.53. The Morgan fingerprint density at radius 1 is 1.10 bits per heavy atom. The summed E-state index contributed by atoms with van der Waals surface area (Å²) in [4.78, 5) is 12.7. The second-order valence-electron chi connectivity index (χ2n) is 7.67. The lowest BCUT2D eigenvalue weighted by Crippen LogP contribution is -2.35. The van der Waals surface area contributed by atoms with Gasteiger partial charge in [0, 0.05) is 25.3 Å². The molecule has 6 nitrogen and oxygen atoms in total. The van der Waals surface area contributed by atoms with Crippen LogP contribution in [0.25, 0.3) is 0 Å². The number of sulfonamides is 1. The van der Waals surface area contributed by atoms with Crippen LogP contribution in [0.2, 0.25) is 0 Å². The molecule has 1 atom stereocenters. The van der Waals surface area contributed by atoms with E-state index in [2.05, 4.69) is 5.32 Å². The lowest BCUT2D eigenvalue weighted by atomic mass is 9.90. The number of benzene rings is 1. The van der Waals surface area contributed by atoms with Crippen molar-refractivity contribution in [1.29, 1.82) is 0 Å². The van der Waals surface area contributed by atoms with Crippen LogP contribution < -0.4 is 11.1 Å². The van der Waals surface area contributed by atoms with E-state index in [0.717, 1.165) is 38.0 Å². The van der Waals surface area contributed by atoms with Crippen molar-refractivity contribution >= 4 is 21.6 Å². The van der Waals surface area contributed by atoms with Crippen molar-refractivity contribution in [1.82, 2.24) is 9.62 Å². The van der Waals surface area contributed by atoms with Crippen LogP contribution in [0.3, 0.4) is 0 Å². The molecule has 1 saturated heterocycles. The minimum atomic E-state index is -3.53. The minimum Gasteiger partial charge on any atom is -0.399 e. The third-order valence-electron chi connectivity index (χ3n) is 5.57. The molecule has 1 saturated carbocycles. The molecule has 1 aliphatic heterocycles. The molecular weight excluding hydrogens is 386 g/mol. The van der Waals surface area contributed by atoms with Gasteiger partial charge >= 0.3 is 0 Å². The summed E-state index contributed by atoms with van der Waals surface area (Å²) < 4.78 is 27.0. The first kappa shape index (κ1) is 25.4. The van der Waals surface area contributed by atoms with E-state index in [1.807, 2.05) is 0 Å². The maximum absolute atomic E-state index is 12.8. The summed E-state index contributed by atoms with van der Waals surface area (Å²) in [6.07, 6.45) is 8.42. The lowest BCUT2D eigenvalue weighted by molar-refractivity contribution is -0.120. The second-order valence-corrected chi connectivity index (χ2v) is 9.61. The molecule has 1 unspecified atom stereocenters. The molecule has 1 aliphatic carbocycles. The molecular formula is C22H34N3O3S. The van der Waals surface area contributed by atoms with E-state index in [1.54, 1.807) is 18.2 Å². The number of nitrogens with zero attached hydrogens (tertiary/aromatic N) is 1. The topological polar surface area (TPSA) is 92.5 Å². The number of amides is 1. The Bertz CT molecular complexity index is 743. The van der Waals surface area contributed by atoms with E-state index in [-0.39, 0.29) is 31.6 Å². The van der Waals surface area contributed by atoms with Crippen molar-refractivity contribution < 1.29 is 13.2 Å². The second kappa shape index (κ2) is 11.6.